The van der Waals surface area contributed by atoms with Crippen LogP contribution in [0.4, 0.5) is 10.3 Å². The number of thioether (sulfide) groups is 1. The van der Waals surface area contributed by atoms with Gasteiger partial charge >= 0.3 is 0 Å². The van der Waals surface area contributed by atoms with Gasteiger partial charge in [0.25, 0.3) is 0 Å². The Balaban J connectivity index is 0.00000214. The minimum atomic E-state index is -1.08. The Morgan fingerprint density at radius 1 is 1.26 bits per heavy atom. The van der Waals surface area contributed by atoms with Gasteiger partial charge in [0.05, 0.1) is 37.9 Å². The van der Waals surface area contributed by atoms with Crippen LogP contribution in [0.2, 0.25) is 5.15 Å². The maximum Gasteiger partial charge on any atom is 0.232 e. The van der Waals surface area contributed by atoms with E-state index in [4.69, 9.17) is 25.4 Å². The quantitative estimate of drug-likeness (QED) is 0.222. The molecule has 0 atom stereocenters. The molecule has 2 aromatic rings. The first-order chi connectivity index (χ1) is 16.6. The van der Waals surface area contributed by atoms with E-state index < -0.39 is 13.8 Å². The normalized spacial score (nSPS) is 10.8. The van der Waals surface area contributed by atoms with Crippen molar-refractivity contribution in [2.75, 3.05) is 51.2 Å². The summed E-state index contributed by atoms with van der Waals surface area (Å²) >= 11 is 8.05. The molecule has 0 radical (unpaired) electrons. The smallest absolute Gasteiger partial charge is 0.232 e. The molecule has 13 heteroatoms. The van der Waals surface area contributed by atoms with Crippen molar-refractivity contribution in [2.45, 2.75) is 41.2 Å². The zero-order valence-electron chi connectivity index (χ0n) is 21.6. The number of hydrogen-bond donors (Lipinski definition) is 1. The van der Waals surface area contributed by atoms with Crippen LogP contribution in [-0.2, 0) is 25.1 Å². The largest absolute Gasteiger partial charge is 0.370 e. The second-order valence-corrected chi connectivity index (χ2v) is 10.3. The average molecular weight is 552 g/mol. The van der Waals surface area contributed by atoms with Gasteiger partial charge in [0, 0.05) is 18.2 Å². The lowest BCUT2D eigenvalue weighted by atomic mass is 9.96. The molecule has 0 bridgehead atoms. The van der Waals surface area contributed by atoms with Gasteiger partial charge in [-0.3, -0.25) is 14.5 Å². The van der Waals surface area contributed by atoms with Gasteiger partial charge < -0.3 is 18.4 Å². The summed E-state index contributed by atoms with van der Waals surface area (Å²) in [6.45, 7) is 11.1. The lowest BCUT2D eigenvalue weighted by molar-refractivity contribution is -0.123. The van der Waals surface area contributed by atoms with E-state index in [1.165, 1.54) is 0 Å². The third-order valence-corrected chi connectivity index (χ3v) is 5.68. The summed E-state index contributed by atoms with van der Waals surface area (Å²) in [5.74, 6) is -0.145. The standard InChI is InChI=1S/C19H27ClN5O4P.C2H6S.CH3F/c1-6-28-30(29-7-2)12-27-9-8-25-11-13(10-21)14-15(20)22-18(23-16(14)25)24-17(26)19(3,4)5;1-3-2;1-2/h11H,6-9,12H2,1-5H3,(H,22,23,24,26);1-2H3;1H3. The van der Waals surface area contributed by atoms with E-state index in [-0.39, 0.29) is 17.0 Å². The van der Waals surface area contributed by atoms with E-state index in [0.29, 0.717) is 56.5 Å². The Labute approximate surface area is 218 Å². The highest BCUT2D eigenvalue weighted by Crippen LogP contribution is 2.37. The second-order valence-electron chi connectivity index (χ2n) is 7.70. The fourth-order valence-electron chi connectivity index (χ4n) is 2.45. The van der Waals surface area contributed by atoms with Gasteiger partial charge in [-0.1, -0.05) is 32.4 Å². The van der Waals surface area contributed by atoms with Crippen LogP contribution in [0.25, 0.3) is 11.0 Å². The molecule has 0 saturated heterocycles. The van der Waals surface area contributed by atoms with Gasteiger partial charge in [0.2, 0.25) is 11.9 Å². The van der Waals surface area contributed by atoms with Gasteiger partial charge in [0.15, 0.2) is 8.38 Å². The molecule has 0 aliphatic heterocycles. The van der Waals surface area contributed by atoms with Gasteiger partial charge in [-0.2, -0.15) is 27.0 Å². The topological polar surface area (TPSA) is 111 Å². The van der Waals surface area contributed by atoms with Crippen LogP contribution in [0.3, 0.4) is 0 Å². The van der Waals surface area contributed by atoms with E-state index >= 15 is 0 Å². The van der Waals surface area contributed by atoms with Crippen molar-refractivity contribution in [2.24, 2.45) is 5.41 Å². The number of nitrogens with one attached hydrogen (secondary N) is 1. The van der Waals surface area contributed by atoms with Crippen molar-refractivity contribution in [3.05, 3.63) is 16.9 Å². The molecule has 35 heavy (non-hydrogen) atoms. The number of nitrogens with zero attached hydrogens (tertiary/aromatic N) is 4. The highest BCUT2D eigenvalue weighted by molar-refractivity contribution is 7.97. The monoisotopic (exact) mass is 551 g/mol. The van der Waals surface area contributed by atoms with Crippen LogP contribution in [-0.4, -0.2) is 66.3 Å². The number of ether oxygens (including phenoxy) is 1. The van der Waals surface area contributed by atoms with Gasteiger partial charge in [-0.25, -0.2) is 0 Å². The molecule has 2 aromatic heterocycles. The summed E-state index contributed by atoms with van der Waals surface area (Å²) in [7, 11) is -0.583. The number of halogens is 2. The van der Waals surface area contributed by atoms with Gasteiger partial charge in [-0.05, 0) is 26.4 Å². The van der Waals surface area contributed by atoms with Crippen molar-refractivity contribution in [1.82, 2.24) is 14.5 Å². The Kier molecular flexibility index (Phi) is 17.0. The zero-order chi connectivity index (χ0) is 27.0. The number of hydrogen-bond acceptors (Lipinski definition) is 8. The van der Waals surface area contributed by atoms with E-state index in [1.807, 2.05) is 26.4 Å². The van der Waals surface area contributed by atoms with Gasteiger partial charge in [-0.15, -0.1) is 0 Å². The van der Waals surface area contributed by atoms with E-state index in [9.17, 15) is 14.4 Å². The number of anilines is 1. The summed E-state index contributed by atoms with van der Waals surface area (Å²) < 4.78 is 28.0. The number of aromatic nitrogens is 3. The number of fused-ring (bicyclic) bond motifs is 1. The summed E-state index contributed by atoms with van der Waals surface area (Å²) in [5.41, 5.74) is 0.198. The summed E-state index contributed by atoms with van der Waals surface area (Å²) in [4.78, 5) is 20.8. The average Bonchev–Trinajstić information content (AvgIpc) is 3.16. The maximum atomic E-state index is 12.3. The molecular weight excluding hydrogens is 516 g/mol. The van der Waals surface area contributed by atoms with Crippen LogP contribution in [0.1, 0.15) is 40.2 Å². The Bertz CT molecular complexity index is 947. The molecule has 1 N–H and O–H groups in total. The summed E-state index contributed by atoms with van der Waals surface area (Å²) in [6.07, 6.45) is 6.09. The molecule has 0 unspecified atom stereocenters. The molecule has 2 rings (SSSR count). The van der Waals surface area contributed by atoms with E-state index in [1.54, 1.807) is 43.3 Å². The van der Waals surface area contributed by atoms with Crippen molar-refractivity contribution in [3.8, 4) is 6.07 Å². The molecule has 1 amide bonds. The summed E-state index contributed by atoms with van der Waals surface area (Å²) in [6, 6.07) is 2.11. The van der Waals surface area contributed by atoms with Crippen LogP contribution in [0.5, 0.6) is 0 Å². The Morgan fingerprint density at radius 3 is 2.31 bits per heavy atom. The van der Waals surface area contributed by atoms with Crippen molar-refractivity contribution < 1.29 is 23.0 Å². The Hall–Kier alpha value is -1.54. The molecule has 0 fully saturated rings. The van der Waals surface area contributed by atoms with Crippen molar-refractivity contribution >= 4 is 54.6 Å². The van der Waals surface area contributed by atoms with Gasteiger partial charge in [0.1, 0.15) is 23.2 Å². The van der Waals surface area contributed by atoms with E-state index in [2.05, 4.69) is 21.4 Å². The first-order valence-electron chi connectivity index (χ1n) is 10.8. The third kappa shape index (κ3) is 11.4. The van der Waals surface area contributed by atoms with Crippen LogP contribution in [0.15, 0.2) is 6.20 Å². The number of alkyl halides is 1. The molecule has 0 aromatic carbocycles. The van der Waals surface area contributed by atoms with E-state index in [0.717, 1.165) is 0 Å². The maximum absolute atomic E-state index is 12.3. The number of rotatable bonds is 10. The number of amides is 1. The minimum absolute atomic E-state index is 0.0911. The molecule has 0 saturated carbocycles. The number of carbonyl (C=O) groups excluding carboxylic acids is 1. The minimum Gasteiger partial charge on any atom is -0.370 e. The number of nitriles is 1. The van der Waals surface area contributed by atoms with Crippen LogP contribution in [0, 0.1) is 16.7 Å². The predicted molar refractivity (Wildman–Crippen MR) is 143 cm³/mol. The SMILES string of the molecule is CCOP(COCCn1cc(C#N)c2c(Cl)nc(NC(=O)C(C)(C)C)nc21)OCC.CF.CSC. The lowest BCUT2D eigenvalue weighted by Crippen LogP contribution is -2.28. The first kappa shape index (κ1) is 33.5. The Morgan fingerprint density at radius 2 is 1.83 bits per heavy atom. The fourth-order valence-corrected chi connectivity index (χ4v) is 3.79. The highest BCUT2D eigenvalue weighted by Gasteiger charge is 2.23. The number of carbonyl (C=O) groups is 1. The highest BCUT2D eigenvalue weighted by atomic mass is 35.5. The lowest BCUT2D eigenvalue weighted by Gasteiger charge is -2.17. The van der Waals surface area contributed by atoms with Crippen LogP contribution < -0.4 is 5.32 Å². The molecule has 0 spiro atoms. The molecule has 0 aliphatic carbocycles. The van der Waals surface area contributed by atoms with Crippen molar-refractivity contribution in [3.63, 3.8) is 0 Å². The predicted octanol–water partition coefficient (Wildman–Crippen LogP) is 5.86. The second kappa shape index (κ2) is 17.8. The first-order valence-corrected chi connectivity index (χ1v) is 14.2. The molecular formula is C22H36ClFN5O4PS. The van der Waals surface area contributed by atoms with Crippen molar-refractivity contribution in [1.29, 1.82) is 5.26 Å². The summed E-state index contributed by atoms with van der Waals surface area (Å²) in [5, 5.41) is 12.7. The molecule has 2 heterocycles. The molecule has 198 valence electrons. The zero-order valence-corrected chi connectivity index (χ0v) is 24.1. The van der Waals surface area contributed by atoms with Crippen LogP contribution >= 0.6 is 31.7 Å². The molecule has 0 aliphatic rings. The third-order valence-electron chi connectivity index (χ3n) is 3.92. The fraction of sp³-hybridized carbons (Fsp3) is 0.636. The molecule has 9 nitrogen and oxygen atoms in total.